The minimum absolute atomic E-state index is 0.00964. The van der Waals surface area contributed by atoms with Crippen LogP contribution in [0, 0.1) is 12.7 Å². The van der Waals surface area contributed by atoms with Gasteiger partial charge in [0, 0.05) is 17.2 Å². The number of rotatable bonds is 5. The van der Waals surface area contributed by atoms with Crippen LogP contribution in [0.1, 0.15) is 37.8 Å². The number of aryl methyl sites for hydroxylation is 1. The molecule has 1 aromatic carbocycles. The molecule has 2 aromatic rings. The molecule has 2 heterocycles. The molecule has 25 heavy (non-hydrogen) atoms. The second kappa shape index (κ2) is 7.35. The van der Waals surface area contributed by atoms with Crippen molar-refractivity contribution in [2.24, 2.45) is 0 Å². The van der Waals surface area contributed by atoms with Crippen LogP contribution >= 0.6 is 0 Å². The van der Waals surface area contributed by atoms with Crippen molar-refractivity contribution in [2.75, 3.05) is 11.9 Å². The first-order chi connectivity index (χ1) is 12.0. The number of nitrogens with one attached hydrogen (secondary N) is 1. The number of likely N-dealkylation sites (tertiary alicyclic amines) is 1. The third kappa shape index (κ3) is 3.74. The molecule has 1 amide bonds. The van der Waals surface area contributed by atoms with E-state index in [1.165, 1.54) is 6.07 Å². The highest BCUT2D eigenvalue weighted by atomic mass is 19.1. The number of benzene rings is 1. The molecule has 134 valence electrons. The number of hydrogen-bond donors (Lipinski definition) is 1. The third-order valence-corrected chi connectivity index (χ3v) is 4.80. The second-order valence-corrected chi connectivity index (χ2v) is 6.90. The van der Waals surface area contributed by atoms with E-state index in [4.69, 9.17) is 0 Å². The van der Waals surface area contributed by atoms with Gasteiger partial charge in [0.25, 0.3) is 0 Å². The van der Waals surface area contributed by atoms with Gasteiger partial charge in [-0.05, 0) is 46.2 Å². The minimum Gasteiger partial charge on any atom is -0.309 e. The molecule has 1 N–H and O–H groups in total. The first-order valence-electron chi connectivity index (χ1n) is 8.79. The molecule has 0 radical (unpaired) electrons. The summed E-state index contributed by atoms with van der Waals surface area (Å²) in [6.45, 7) is 7.35. The van der Waals surface area contributed by atoms with Crippen molar-refractivity contribution in [3.05, 3.63) is 47.4 Å². The molecular weight excluding hydrogens is 319 g/mol. The fraction of sp³-hybridized carbons (Fsp3) is 0.474. The quantitative estimate of drug-likeness (QED) is 0.906. The number of amides is 1. The van der Waals surface area contributed by atoms with Crippen LogP contribution in [0.2, 0.25) is 0 Å². The Kier molecular flexibility index (Phi) is 5.18. The molecule has 1 aliphatic rings. The lowest BCUT2D eigenvalue weighted by atomic mass is 10.2. The molecule has 0 bridgehead atoms. The second-order valence-electron chi connectivity index (χ2n) is 6.90. The molecule has 1 aliphatic heterocycles. The van der Waals surface area contributed by atoms with E-state index >= 15 is 0 Å². The molecule has 6 heteroatoms. The summed E-state index contributed by atoms with van der Waals surface area (Å²) in [6, 6.07) is 6.85. The number of hydrogen-bond acceptors (Lipinski definition) is 3. The number of aromatic nitrogens is 2. The Balaban J connectivity index is 1.78. The molecule has 0 spiro atoms. The summed E-state index contributed by atoms with van der Waals surface area (Å²) in [5.41, 5.74) is 1.42. The number of anilines is 1. The Hall–Kier alpha value is -2.21. The standard InChI is InChI=1S/C19H25FN4O/c1-13(2)23-10-6-9-17(23)19(25)22-18-14(3)11-21-24(18)12-15-7-4-5-8-16(15)20/h4-5,7-8,11,13,17H,6,9-10,12H2,1-3H3,(H,22,25). The Morgan fingerprint density at radius 1 is 1.40 bits per heavy atom. The first-order valence-corrected chi connectivity index (χ1v) is 8.79. The summed E-state index contributed by atoms with van der Waals surface area (Å²) in [7, 11) is 0. The van der Waals surface area contributed by atoms with E-state index in [9.17, 15) is 9.18 Å². The van der Waals surface area contributed by atoms with Crippen molar-refractivity contribution in [3.8, 4) is 0 Å². The largest absolute Gasteiger partial charge is 0.309 e. The average molecular weight is 344 g/mol. The number of halogens is 1. The zero-order valence-corrected chi connectivity index (χ0v) is 15.0. The van der Waals surface area contributed by atoms with Gasteiger partial charge in [-0.15, -0.1) is 0 Å². The van der Waals surface area contributed by atoms with E-state index in [-0.39, 0.29) is 24.3 Å². The predicted molar refractivity (Wildman–Crippen MR) is 96.0 cm³/mol. The maximum Gasteiger partial charge on any atom is 0.242 e. The highest BCUT2D eigenvalue weighted by Gasteiger charge is 2.32. The Labute approximate surface area is 147 Å². The van der Waals surface area contributed by atoms with Crippen molar-refractivity contribution in [3.63, 3.8) is 0 Å². The van der Waals surface area contributed by atoms with Gasteiger partial charge in [-0.1, -0.05) is 18.2 Å². The molecule has 1 aromatic heterocycles. The Morgan fingerprint density at radius 2 is 2.16 bits per heavy atom. The number of carbonyl (C=O) groups excluding carboxylic acids is 1. The highest BCUT2D eigenvalue weighted by molar-refractivity contribution is 5.94. The van der Waals surface area contributed by atoms with Crippen molar-refractivity contribution in [1.29, 1.82) is 0 Å². The number of carbonyl (C=O) groups is 1. The molecule has 3 rings (SSSR count). The molecule has 1 atom stereocenters. The van der Waals surface area contributed by atoms with Crippen molar-refractivity contribution in [1.82, 2.24) is 14.7 Å². The SMILES string of the molecule is Cc1cnn(Cc2ccccc2F)c1NC(=O)C1CCCN1C(C)C. The molecule has 0 saturated carbocycles. The van der Waals surface area contributed by atoms with Crippen LogP contribution in [0.3, 0.4) is 0 Å². The van der Waals surface area contributed by atoms with E-state index in [0.29, 0.717) is 17.4 Å². The smallest absolute Gasteiger partial charge is 0.242 e. The van der Waals surface area contributed by atoms with Crippen LogP contribution in [0.5, 0.6) is 0 Å². The van der Waals surface area contributed by atoms with Crippen LogP contribution in [-0.4, -0.2) is 39.2 Å². The van der Waals surface area contributed by atoms with E-state index in [1.807, 2.05) is 6.92 Å². The Bertz CT molecular complexity index is 756. The fourth-order valence-corrected chi connectivity index (χ4v) is 3.44. The normalized spacial score (nSPS) is 18.0. The van der Waals surface area contributed by atoms with Gasteiger partial charge >= 0.3 is 0 Å². The summed E-state index contributed by atoms with van der Waals surface area (Å²) in [6.07, 6.45) is 3.60. The molecule has 1 saturated heterocycles. The van der Waals surface area contributed by atoms with Crippen molar-refractivity contribution < 1.29 is 9.18 Å². The summed E-state index contributed by atoms with van der Waals surface area (Å²) >= 11 is 0. The van der Waals surface area contributed by atoms with Crippen LogP contribution in [-0.2, 0) is 11.3 Å². The van der Waals surface area contributed by atoms with E-state index in [1.54, 1.807) is 29.1 Å². The van der Waals surface area contributed by atoms with E-state index < -0.39 is 0 Å². The Morgan fingerprint density at radius 3 is 2.88 bits per heavy atom. The van der Waals surface area contributed by atoms with Crippen LogP contribution < -0.4 is 5.32 Å². The molecule has 1 unspecified atom stereocenters. The van der Waals surface area contributed by atoms with E-state index in [0.717, 1.165) is 24.9 Å². The first kappa shape index (κ1) is 17.6. The van der Waals surface area contributed by atoms with Crippen LogP contribution in [0.25, 0.3) is 0 Å². The summed E-state index contributed by atoms with van der Waals surface area (Å²) in [4.78, 5) is 15.0. The lowest BCUT2D eigenvalue weighted by Gasteiger charge is -2.27. The van der Waals surface area contributed by atoms with Gasteiger partial charge in [0.1, 0.15) is 11.6 Å². The molecular formula is C19H25FN4O. The van der Waals surface area contributed by atoms with Crippen LogP contribution in [0.15, 0.2) is 30.5 Å². The lowest BCUT2D eigenvalue weighted by Crippen LogP contribution is -2.43. The van der Waals surface area contributed by atoms with Gasteiger partial charge in [-0.2, -0.15) is 5.10 Å². The maximum atomic E-state index is 13.9. The van der Waals surface area contributed by atoms with Crippen LogP contribution in [0.4, 0.5) is 10.2 Å². The van der Waals surface area contributed by atoms with Gasteiger partial charge in [0.2, 0.25) is 5.91 Å². The zero-order chi connectivity index (χ0) is 18.0. The molecule has 1 fully saturated rings. The van der Waals surface area contributed by atoms with Gasteiger partial charge in [-0.3, -0.25) is 9.69 Å². The molecule has 5 nitrogen and oxygen atoms in total. The minimum atomic E-state index is -0.269. The zero-order valence-electron chi connectivity index (χ0n) is 15.0. The predicted octanol–water partition coefficient (Wildman–Crippen LogP) is 3.19. The summed E-state index contributed by atoms with van der Waals surface area (Å²) in [5, 5.41) is 7.33. The fourth-order valence-electron chi connectivity index (χ4n) is 3.44. The topological polar surface area (TPSA) is 50.2 Å². The van der Waals surface area contributed by atoms with Gasteiger partial charge < -0.3 is 5.32 Å². The third-order valence-electron chi connectivity index (χ3n) is 4.80. The van der Waals surface area contributed by atoms with Gasteiger partial charge in [0.15, 0.2) is 0 Å². The lowest BCUT2D eigenvalue weighted by molar-refractivity contribution is -0.120. The average Bonchev–Trinajstić information content (AvgIpc) is 3.19. The monoisotopic (exact) mass is 344 g/mol. The maximum absolute atomic E-state index is 13.9. The molecule has 0 aliphatic carbocycles. The van der Waals surface area contributed by atoms with Gasteiger partial charge in [0.05, 0.1) is 18.8 Å². The number of nitrogens with zero attached hydrogens (tertiary/aromatic N) is 3. The van der Waals surface area contributed by atoms with Crippen molar-refractivity contribution in [2.45, 2.75) is 52.2 Å². The summed E-state index contributed by atoms with van der Waals surface area (Å²) < 4.78 is 15.6. The highest BCUT2D eigenvalue weighted by Crippen LogP contribution is 2.23. The van der Waals surface area contributed by atoms with E-state index in [2.05, 4.69) is 29.2 Å². The van der Waals surface area contributed by atoms with Gasteiger partial charge in [-0.25, -0.2) is 9.07 Å². The summed E-state index contributed by atoms with van der Waals surface area (Å²) in [5.74, 6) is 0.364. The van der Waals surface area contributed by atoms with Crippen molar-refractivity contribution >= 4 is 11.7 Å².